The average Bonchev–Trinajstić information content (AvgIpc) is 2.30. The predicted octanol–water partition coefficient (Wildman–Crippen LogP) is 1.50. The van der Waals surface area contributed by atoms with E-state index in [4.69, 9.17) is 4.74 Å². The Labute approximate surface area is 73.1 Å². The molecule has 1 aliphatic heterocycles. The highest BCUT2D eigenvalue weighted by Gasteiger charge is 2.30. The lowest BCUT2D eigenvalue weighted by atomic mass is 10.3. The number of hydrogen-bond acceptors (Lipinski definition) is 3. The average molecular weight is 257 g/mol. The van der Waals surface area contributed by atoms with Gasteiger partial charge in [-0.15, -0.1) is 0 Å². The minimum absolute atomic E-state index is 0.00210. The monoisotopic (exact) mass is 257 g/mol. The lowest BCUT2D eigenvalue weighted by molar-refractivity contribution is 0.0454. The summed E-state index contributed by atoms with van der Waals surface area (Å²) in [5, 5.41) is 1.20. The Balaban J connectivity index is 2.44. The highest BCUT2D eigenvalue weighted by atomic mass is 127. The number of rotatable bonds is 2. The first kappa shape index (κ1) is 8.06. The summed E-state index contributed by atoms with van der Waals surface area (Å²) in [6.45, 7) is 2.51. The van der Waals surface area contributed by atoms with E-state index >= 15 is 0 Å². The molecule has 0 radical (unpaired) electrons. The smallest absolute Gasteiger partial charge is 0.435 e. The molecule has 0 aromatic heterocycles. The lowest BCUT2D eigenvalue weighted by Gasteiger charge is -2.04. The molecule has 0 aromatic rings. The number of hydroxylamine groups is 2. The Morgan fingerprint density at radius 3 is 3.00 bits per heavy atom. The van der Waals surface area contributed by atoms with Crippen LogP contribution in [0.5, 0.6) is 0 Å². The summed E-state index contributed by atoms with van der Waals surface area (Å²) >= 11 is 1.66. The molecule has 10 heavy (non-hydrogen) atoms. The fourth-order valence-corrected chi connectivity index (χ4v) is 1.09. The van der Waals surface area contributed by atoms with Crippen molar-refractivity contribution in [2.24, 2.45) is 0 Å². The minimum Gasteiger partial charge on any atom is -0.443 e. The van der Waals surface area contributed by atoms with Gasteiger partial charge in [-0.1, -0.05) is 6.92 Å². The van der Waals surface area contributed by atoms with E-state index in [1.165, 1.54) is 5.06 Å². The summed E-state index contributed by atoms with van der Waals surface area (Å²) < 4.78 is 9.56. The van der Waals surface area contributed by atoms with Gasteiger partial charge >= 0.3 is 6.09 Å². The van der Waals surface area contributed by atoms with Crippen LogP contribution in [0.25, 0.3) is 0 Å². The summed E-state index contributed by atoms with van der Waals surface area (Å²) in [6, 6.07) is 0. The molecule has 58 valence electrons. The molecule has 1 fully saturated rings. The standard InChI is InChI=1S/C5H8INO3/c1-2-4-3-7(10-6)5(8)9-4/h4H,2-3H2,1H3. The molecule has 1 heterocycles. The zero-order valence-corrected chi connectivity index (χ0v) is 7.70. The SMILES string of the molecule is CCC1CN(OI)C(=O)O1. The van der Waals surface area contributed by atoms with E-state index in [1.54, 1.807) is 23.0 Å². The largest absolute Gasteiger partial charge is 0.443 e. The van der Waals surface area contributed by atoms with E-state index < -0.39 is 0 Å². The Morgan fingerprint density at radius 1 is 2.00 bits per heavy atom. The van der Waals surface area contributed by atoms with Gasteiger partial charge in [0.15, 0.2) is 0 Å². The summed E-state index contributed by atoms with van der Waals surface area (Å²) in [7, 11) is 0. The van der Waals surface area contributed by atoms with Crippen molar-refractivity contribution in [2.75, 3.05) is 6.54 Å². The molecule has 0 N–H and O–H groups in total. The highest BCUT2D eigenvalue weighted by molar-refractivity contribution is 14.1. The molecule has 1 atom stereocenters. The van der Waals surface area contributed by atoms with Gasteiger partial charge < -0.3 is 4.74 Å². The van der Waals surface area contributed by atoms with Crippen molar-refractivity contribution >= 4 is 29.1 Å². The number of hydrogen-bond donors (Lipinski definition) is 0. The fraction of sp³-hybridized carbons (Fsp3) is 0.800. The molecular formula is C5H8INO3. The number of carbonyl (C=O) groups is 1. The third kappa shape index (κ3) is 1.51. The zero-order valence-electron chi connectivity index (χ0n) is 5.54. The molecule has 5 heteroatoms. The maximum Gasteiger partial charge on any atom is 0.435 e. The Bertz CT molecular complexity index is 141. The number of halogens is 1. The second-order valence-corrected chi connectivity index (χ2v) is 2.44. The van der Waals surface area contributed by atoms with Crippen LogP contribution in [0.4, 0.5) is 4.79 Å². The maximum atomic E-state index is 10.7. The van der Waals surface area contributed by atoms with Crippen molar-refractivity contribution < 1.29 is 12.7 Å². The van der Waals surface area contributed by atoms with Crippen LogP contribution in [-0.2, 0) is 7.90 Å². The molecule has 1 unspecified atom stereocenters. The van der Waals surface area contributed by atoms with Gasteiger partial charge in [-0.25, -0.2) is 4.79 Å². The van der Waals surface area contributed by atoms with Crippen LogP contribution >= 0.6 is 23.0 Å². The van der Waals surface area contributed by atoms with Crippen LogP contribution in [0.3, 0.4) is 0 Å². The third-order valence-electron chi connectivity index (χ3n) is 1.38. The van der Waals surface area contributed by atoms with Crippen molar-refractivity contribution in [2.45, 2.75) is 19.4 Å². The van der Waals surface area contributed by atoms with Gasteiger partial charge in [0.25, 0.3) is 0 Å². The molecule has 0 aromatic carbocycles. The predicted molar refractivity (Wildman–Crippen MR) is 42.4 cm³/mol. The second kappa shape index (κ2) is 3.38. The molecule has 4 nitrogen and oxygen atoms in total. The molecule has 0 spiro atoms. The first-order valence-corrected chi connectivity index (χ1v) is 3.93. The van der Waals surface area contributed by atoms with Gasteiger partial charge in [0.2, 0.25) is 0 Å². The van der Waals surface area contributed by atoms with E-state index in [2.05, 4.69) is 3.17 Å². The van der Waals surface area contributed by atoms with Crippen LogP contribution < -0.4 is 0 Å². The summed E-state index contributed by atoms with van der Waals surface area (Å²) in [5.74, 6) is 0. The molecule has 1 saturated heterocycles. The summed E-state index contributed by atoms with van der Waals surface area (Å²) in [4.78, 5) is 10.7. The number of cyclic esters (lactones) is 1. The maximum absolute atomic E-state index is 10.7. The van der Waals surface area contributed by atoms with Crippen molar-refractivity contribution in [3.05, 3.63) is 0 Å². The van der Waals surface area contributed by atoms with Crippen LogP contribution in [0, 0.1) is 0 Å². The molecule has 1 aliphatic rings. The van der Waals surface area contributed by atoms with Gasteiger partial charge in [0.1, 0.15) is 29.1 Å². The quantitative estimate of drug-likeness (QED) is 0.703. The first-order chi connectivity index (χ1) is 4.77. The highest BCUT2D eigenvalue weighted by Crippen LogP contribution is 2.15. The van der Waals surface area contributed by atoms with E-state index in [1.807, 2.05) is 6.92 Å². The number of carbonyl (C=O) groups excluding carboxylic acids is 1. The Morgan fingerprint density at radius 2 is 2.70 bits per heavy atom. The fourth-order valence-electron chi connectivity index (χ4n) is 0.767. The van der Waals surface area contributed by atoms with Crippen molar-refractivity contribution in [3.63, 3.8) is 0 Å². The number of ether oxygens (including phenoxy) is 1. The van der Waals surface area contributed by atoms with E-state index in [0.717, 1.165) is 6.42 Å². The van der Waals surface area contributed by atoms with Crippen molar-refractivity contribution in [1.29, 1.82) is 0 Å². The van der Waals surface area contributed by atoms with Gasteiger partial charge in [-0.2, -0.15) is 8.23 Å². The Kier molecular flexibility index (Phi) is 2.72. The molecule has 1 amide bonds. The summed E-state index contributed by atoms with van der Waals surface area (Å²) in [6.07, 6.45) is 0.450. The molecule has 0 aliphatic carbocycles. The van der Waals surface area contributed by atoms with Crippen molar-refractivity contribution in [3.8, 4) is 0 Å². The third-order valence-corrected chi connectivity index (χ3v) is 1.85. The lowest BCUT2D eigenvalue weighted by Crippen LogP contribution is -2.20. The van der Waals surface area contributed by atoms with Crippen molar-refractivity contribution in [1.82, 2.24) is 5.06 Å². The second-order valence-electron chi connectivity index (χ2n) is 2.04. The summed E-state index contributed by atoms with van der Waals surface area (Å²) in [5.41, 5.74) is 0. The normalized spacial score (nSPS) is 25.2. The molecular weight excluding hydrogens is 249 g/mol. The van der Waals surface area contributed by atoms with Crippen LogP contribution in [0.1, 0.15) is 13.3 Å². The number of amides is 1. The van der Waals surface area contributed by atoms with Gasteiger partial charge in [-0.3, -0.25) is 0 Å². The van der Waals surface area contributed by atoms with E-state index in [-0.39, 0.29) is 12.2 Å². The zero-order chi connectivity index (χ0) is 7.56. The van der Waals surface area contributed by atoms with Crippen LogP contribution in [0.15, 0.2) is 0 Å². The van der Waals surface area contributed by atoms with E-state index in [0.29, 0.717) is 6.54 Å². The van der Waals surface area contributed by atoms with Crippen LogP contribution in [-0.4, -0.2) is 23.8 Å². The Hall–Kier alpha value is -0.0400. The molecule has 1 rings (SSSR count). The topological polar surface area (TPSA) is 38.8 Å². The van der Waals surface area contributed by atoms with Gasteiger partial charge in [-0.05, 0) is 6.42 Å². The number of nitrogens with zero attached hydrogens (tertiary/aromatic N) is 1. The van der Waals surface area contributed by atoms with Gasteiger partial charge in [0.05, 0.1) is 6.54 Å². The first-order valence-electron chi connectivity index (χ1n) is 3.04. The minimum atomic E-state index is -0.388. The molecule has 0 saturated carbocycles. The van der Waals surface area contributed by atoms with Gasteiger partial charge in [0, 0.05) is 0 Å². The van der Waals surface area contributed by atoms with Crippen LogP contribution in [0.2, 0.25) is 0 Å². The molecule has 0 bridgehead atoms. The van der Waals surface area contributed by atoms with E-state index in [9.17, 15) is 4.79 Å².